The fourth-order valence-corrected chi connectivity index (χ4v) is 3.26. The van der Waals surface area contributed by atoms with Crippen LogP contribution < -0.4 is 10.2 Å². The lowest BCUT2D eigenvalue weighted by atomic mass is 10.1. The van der Waals surface area contributed by atoms with Crippen LogP contribution in [-0.2, 0) is 9.59 Å². The first-order valence-corrected chi connectivity index (χ1v) is 8.22. The number of carbonyl (C=O) groups excluding carboxylic acids is 2. The summed E-state index contributed by atoms with van der Waals surface area (Å²) in [5.74, 6) is -0.411. The molecule has 2 amide bonds. The summed E-state index contributed by atoms with van der Waals surface area (Å²) in [6.07, 6.45) is 0.160. The molecule has 2 aromatic rings. The summed E-state index contributed by atoms with van der Waals surface area (Å²) in [4.78, 5) is 26.2. The minimum atomic E-state index is -0.531. The third-order valence-electron chi connectivity index (χ3n) is 3.95. The van der Waals surface area contributed by atoms with E-state index in [0.717, 1.165) is 21.3 Å². The van der Waals surface area contributed by atoms with Crippen LogP contribution in [0.25, 0.3) is 0 Å². The molecule has 0 aromatic heterocycles. The Morgan fingerprint density at radius 1 is 1.13 bits per heavy atom. The van der Waals surface area contributed by atoms with Crippen molar-refractivity contribution in [1.82, 2.24) is 0 Å². The van der Waals surface area contributed by atoms with Gasteiger partial charge in [-0.2, -0.15) is 0 Å². The predicted molar refractivity (Wildman–Crippen MR) is 94.6 cm³/mol. The lowest BCUT2D eigenvalue weighted by Gasteiger charge is -2.18. The van der Waals surface area contributed by atoms with E-state index >= 15 is 0 Å². The highest BCUT2D eigenvalue weighted by Gasteiger charge is 2.40. The molecule has 4 nitrogen and oxygen atoms in total. The van der Waals surface area contributed by atoms with Crippen LogP contribution in [0.1, 0.15) is 17.5 Å². The Morgan fingerprint density at radius 3 is 2.57 bits per heavy atom. The number of anilines is 2. The minimum absolute atomic E-state index is 0.160. The molecule has 0 radical (unpaired) electrons. The first-order chi connectivity index (χ1) is 11.0. The molecule has 3 rings (SSSR count). The number of aryl methyl sites for hydroxylation is 2. The number of halogens is 1. The summed E-state index contributed by atoms with van der Waals surface area (Å²) in [5.41, 5.74) is 3.70. The van der Waals surface area contributed by atoms with E-state index in [1.165, 1.54) is 4.90 Å². The molecule has 1 fully saturated rings. The van der Waals surface area contributed by atoms with E-state index in [1.54, 1.807) is 6.07 Å². The molecule has 0 unspecified atom stereocenters. The van der Waals surface area contributed by atoms with Crippen LogP contribution in [0, 0.1) is 13.8 Å². The molecule has 5 heteroatoms. The van der Waals surface area contributed by atoms with Gasteiger partial charge in [0, 0.05) is 10.2 Å². The molecule has 0 aliphatic carbocycles. The van der Waals surface area contributed by atoms with Crippen molar-refractivity contribution in [3.8, 4) is 0 Å². The lowest BCUT2D eigenvalue weighted by Crippen LogP contribution is -2.35. The van der Waals surface area contributed by atoms with Crippen LogP contribution in [0.3, 0.4) is 0 Å². The molecular formula is C18H17BrN2O2. The van der Waals surface area contributed by atoms with Crippen LogP contribution in [0.15, 0.2) is 46.9 Å². The van der Waals surface area contributed by atoms with Gasteiger partial charge in [0.15, 0.2) is 0 Å². The van der Waals surface area contributed by atoms with E-state index in [0.29, 0.717) is 5.69 Å². The molecule has 23 heavy (non-hydrogen) atoms. The number of nitrogens with zero attached hydrogens (tertiary/aromatic N) is 1. The lowest BCUT2D eigenvalue weighted by molar-refractivity contribution is -0.121. The standard InChI is InChI=1S/C18H17BrN2O2/c1-11-7-8-14(12(2)9-11)20-15-10-17(22)21(18(15)23)16-6-4-3-5-13(16)19/h3-9,15,20H,10H2,1-2H3/t15-/m0/s1. The second-order valence-corrected chi connectivity index (χ2v) is 6.59. The number of benzene rings is 2. The number of amides is 2. The summed E-state index contributed by atoms with van der Waals surface area (Å²) in [6.45, 7) is 4.01. The van der Waals surface area contributed by atoms with Crippen molar-refractivity contribution in [3.05, 3.63) is 58.1 Å². The van der Waals surface area contributed by atoms with Crippen molar-refractivity contribution in [1.29, 1.82) is 0 Å². The average molecular weight is 373 g/mol. The van der Waals surface area contributed by atoms with Crippen molar-refractivity contribution in [2.24, 2.45) is 0 Å². The summed E-state index contributed by atoms with van der Waals surface area (Å²) in [6, 6.07) is 12.7. The van der Waals surface area contributed by atoms with Crippen molar-refractivity contribution < 1.29 is 9.59 Å². The van der Waals surface area contributed by atoms with Crippen LogP contribution in [-0.4, -0.2) is 17.9 Å². The molecule has 1 aliphatic rings. The van der Waals surface area contributed by atoms with Crippen LogP contribution in [0.4, 0.5) is 11.4 Å². The number of carbonyl (C=O) groups is 2. The maximum absolute atomic E-state index is 12.7. The zero-order valence-corrected chi connectivity index (χ0v) is 14.6. The maximum Gasteiger partial charge on any atom is 0.256 e. The number of hydrogen-bond acceptors (Lipinski definition) is 3. The summed E-state index contributed by atoms with van der Waals surface area (Å²) in [5, 5.41) is 3.21. The molecule has 0 spiro atoms. The smallest absolute Gasteiger partial charge is 0.256 e. The van der Waals surface area contributed by atoms with Crippen LogP contribution in [0.2, 0.25) is 0 Å². The van der Waals surface area contributed by atoms with Crippen molar-refractivity contribution >= 4 is 39.1 Å². The van der Waals surface area contributed by atoms with Gasteiger partial charge in [0.1, 0.15) is 6.04 Å². The zero-order chi connectivity index (χ0) is 16.6. The van der Waals surface area contributed by atoms with E-state index in [1.807, 2.05) is 44.2 Å². The van der Waals surface area contributed by atoms with E-state index in [2.05, 4.69) is 27.3 Å². The Hall–Kier alpha value is -2.14. The third kappa shape index (κ3) is 3.01. The Kier molecular flexibility index (Phi) is 4.22. The number of para-hydroxylation sites is 1. The first-order valence-electron chi connectivity index (χ1n) is 7.42. The fraction of sp³-hybridized carbons (Fsp3) is 0.222. The van der Waals surface area contributed by atoms with Crippen LogP contribution in [0.5, 0.6) is 0 Å². The summed E-state index contributed by atoms with van der Waals surface area (Å²) in [7, 11) is 0. The Labute approximate surface area is 143 Å². The van der Waals surface area contributed by atoms with Gasteiger partial charge in [-0.25, -0.2) is 4.90 Å². The van der Waals surface area contributed by atoms with Gasteiger partial charge in [0.05, 0.1) is 12.1 Å². The van der Waals surface area contributed by atoms with Crippen LogP contribution >= 0.6 is 15.9 Å². The Balaban J connectivity index is 1.85. The van der Waals surface area contributed by atoms with Gasteiger partial charge in [0.2, 0.25) is 5.91 Å². The van der Waals surface area contributed by atoms with Crippen molar-refractivity contribution in [2.45, 2.75) is 26.3 Å². The van der Waals surface area contributed by atoms with E-state index in [-0.39, 0.29) is 18.2 Å². The van der Waals surface area contributed by atoms with Gasteiger partial charge in [-0.1, -0.05) is 29.8 Å². The largest absolute Gasteiger partial charge is 0.373 e. The van der Waals surface area contributed by atoms with Crippen molar-refractivity contribution in [3.63, 3.8) is 0 Å². The highest BCUT2D eigenvalue weighted by molar-refractivity contribution is 9.10. The van der Waals surface area contributed by atoms with Gasteiger partial charge < -0.3 is 5.32 Å². The van der Waals surface area contributed by atoms with E-state index in [4.69, 9.17) is 0 Å². The Bertz CT molecular complexity index is 788. The average Bonchev–Trinajstić information content (AvgIpc) is 2.77. The van der Waals surface area contributed by atoms with Crippen molar-refractivity contribution in [2.75, 3.05) is 10.2 Å². The molecular weight excluding hydrogens is 356 g/mol. The third-order valence-corrected chi connectivity index (χ3v) is 4.62. The monoisotopic (exact) mass is 372 g/mol. The zero-order valence-electron chi connectivity index (χ0n) is 13.0. The SMILES string of the molecule is Cc1ccc(N[C@H]2CC(=O)N(c3ccccc3Br)C2=O)c(C)c1. The molecule has 0 bridgehead atoms. The highest BCUT2D eigenvalue weighted by Crippen LogP contribution is 2.31. The molecule has 1 aliphatic heterocycles. The number of imide groups is 1. The predicted octanol–water partition coefficient (Wildman–Crippen LogP) is 3.81. The quantitative estimate of drug-likeness (QED) is 0.833. The molecule has 1 atom stereocenters. The topological polar surface area (TPSA) is 49.4 Å². The second-order valence-electron chi connectivity index (χ2n) is 5.74. The molecule has 1 heterocycles. The number of hydrogen-bond donors (Lipinski definition) is 1. The summed E-state index contributed by atoms with van der Waals surface area (Å²) >= 11 is 3.40. The first kappa shape index (κ1) is 15.7. The van der Waals surface area contributed by atoms with E-state index < -0.39 is 6.04 Å². The number of nitrogens with one attached hydrogen (secondary N) is 1. The maximum atomic E-state index is 12.7. The molecule has 1 saturated heterocycles. The highest BCUT2D eigenvalue weighted by atomic mass is 79.9. The Morgan fingerprint density at radius 2 is 1.87 bits per heavy atom. The number of rotatable bonds is 3. The molecule has 118 valence electrons. The molecule has 1 N–H and O–H groups in total. The van der Waals surface area contributed by atoms with Gasteiger partial charge >= 0.3 is 0 Å². The molecule has 0 saturated carbocycles. The fourth-order valence-electron chi connectivity index (χ4n) is 2.79. The summed E-state index contributed by atoms with van der Waals surface area (Å²) < 4.78 is 0.730. The second kappa shape index (κ2) is 6.16. The van der Waals surface area contributed by atoms with Gasteiger partial charge in [0.25, 0.3) is 5.91 Å². The van der Waals surface area contributed by atoms with Gasteiger partial charge in [-0.3, -0.25) is 9.59 Å². The minimum Gasteiger partial charge on any atom is -0.373 e. The normalized spacial score (nSPS) is 17.7. The van der Waals surface area contributed by atoms with Gasteiger partial charge in [-0.05, 0) is 53.5 Å². The van der Waals surface area contributed by atoms with E-state index in [9.17, 15) is 9.59 Å². The molecule has 2 aromatic carbocycles. The van der Waals surface area contributed by atoms with Gasteiger partial charge in [-0.15, -0.1) is 0 Å².